The molecule has 0 saturated carbocycles. The number of aryl methyl sites for hydroxylation is 1. The molecular weight excluding hydrogens is 290 g/mol. The highest BCUT2D eigenvalue weighted by molar-refractivity contribution is 5.87. The van der Waals surface area contributed by atoms with Crippen molar-refractivity contribution in [2.75, 3.05) is 6.54 Å². The summed E-state index contributed by atoms with van der Waals surface area (Å²) in [6.07, 6.45) is 2.05. The quantitative estimate of drug-likeness (QED) is 0.826. The number of hydrogen-bond acceptors (Lipinski definition) is 2. The van der Waals surface area contributed by atoms with Gasteiger partial charge in [-0.15, -0.1) is 0 Å². The lowest BCUT2D eigenvalue weighted by Gasteiger charge is -2.06. The fourth-order valence-corrected chi connectivity index (χ4v) is 2.30. The second kappa shape index (κ2) is 8.13. The van der Waals surface area contributed by atoms with Crippen LogP contribution in [0.15, 0.2) is 48.5 Å². The Bertz CT molecular complexity index is 660. The Hall–Kier alpha value is -2.62. The second-order valence-corrected chi connectivity index (χ2v) is 5.45. The highest BCUT2D eigenvalue weighted by Gasteiger charge is 2.04. The summed E-state index contributed by atoms with van der Waals surface area (Å²) in [7, 11) is 0. The highest BCUT2D eigenvalue weighted by atomic mass is 16.4. The van der Waals surface area contributed by atoms with Crippen LogP contribution in [0, 0.1) is 0 Å². The van der Waals surface area contributed by atoms with E-state index in [-0.39, 0.29) is 11.5 Å². The predicted octanol–water partition coefficient (Wildman–Crippen LogP) is 2.85. The first kappa shape index (κ1) is 16.7. The molecule has 120 valence electrons. The smallest absolute Gasteiger partial charge is 0.335 e. The molecule has 2 aromatic carbocycles. The van der Waals surface area contributed by atoms with Gasteiger partial charge in [0.25, 0.3) is 0 Å². The van der Waals surface area contributed by atoms with Crippen LogP contribution in [-0.2, 0) is 24.1 Å². The predicted molar refractivity (Wildman–Crippen MR) is 89.6 cm³/mol. The molecule has 2 aromatic rings. The summed E-state index contributed by atoms with van der Waals surface area (Å²) < 4.78 is 0. The molecule has 0 aromatic heterocycles. The van der Waals surface area contributed by atoms with Crippen molar-refractivity contribution in [1.29, 1.82) is 0 Å². The third-order valence-corrected chi connectivity index (χ3v) is 3.73. The van der Waals surface area contributed by atoms with Crippen LogP contribution < -0.4 is 5.32 Å². The number of carbonyl (C=O) groups excluding carboxylic acids is 1. The van der Waals surface area contributed by atoms with Gasteiger partial charge >= 0.3 is 5.97 Å². The van der Waals surface area contributed by atoms with Crippen molar-refractivity contribution in [3.05, 3.63) is 70.8 Å². The van der Waals surface area contributed by atoms with E-state index in [1.54, 1.807) is 24.3 Å². The topological polar surface area (TPSA) is 66.4 Å². The molecule has 0 aliphatic rings. The maximum absolute atomic E-state index is 11.9. The van der Waals surface area contributed by atoms with Crippen molar-refractivity contribution < 1.29 is 14.7 Å². The number of carboxylic acid groups (broad SMARTS) is 1. The van der Waals surface area contributed by atoms with Crippen molar-refractivity contribution in [1.82, 2.24) is 5.32 Å². The molecule has 0 atom stereocenters. The van der Waals surface area contributed by atoms with Gasteiger partial charge in [0.15, 0.2) is 0 Å². The van der Waals surface area contributed by atoms with Gasteiger partial charge in [0, 0.05) is 6.54 Å². The Labute approximate surface area is 136 Å². The fraction of sp³-hybridized carbons (Fsp3) is 0.263. The summed E-state index contributed by atoms with van der Waals surface area (Å²) in [5, 5.41) is 11.7. The van der Waals surface area contributed by atoms with E-state index in [2.05, 4.69) is 12.2 Å². The number of carbonyl (C=O) groups is 2. The Morgan fingerprint density at radius 1 is 0.913 bits per heavy atom. The number of amides is 1. The summed E-state index contributed by atoms with van der Waals surface area (Å²) in [4.78, 5) is 22.7. The van der Waals surface area contributed by atoms with Gasteiger partial charge in [-0.25, -0.2) is 4.79 Å². The molecule has 0 unspecified atom stereocenters. The van der Waals surface area contributed by atoms with E-state index in [9.17, 15) is 9.59 Å². The molecule has 0 radical (unpaired) electrons. The second-order valence-electron chi connectivity index (χ2n) is 5.45. The van der Waals surface area contributed by atoms with E-state index < -0.39 is 5.97 Å². The minimum atomic E-state index is -0.932. The summed E-state index contributed by atoms with van der Waals surface area (Å²) >= 11 is 0. The molecule has 0 fully saturated rings. The summed E-state index contributed by atoms with van der Waals surface area (Å²) in [5.41, 5.74) is 3.54. The summed E-state index contributed by atoms with van der Waals surface area (Å²) in [5.74, 6) is -0.935. The van der Waals surface area contributed by atoms with Crippen molar-refractivity contribution in [3.8, 4) is 0 Å². The summed E-state index contributed by atoms with van der Waals surface area (Å²) in [6.45, 7) is 2.64. The molecule has 2 rings (SSSR count). The van der Waals surface area contributed by atoms with E-state index in [1.165, 1.54) is 5.56 Å². The first-order valence-corrected chi connectivity index (χ1v) is 7.75. The number of nitrogens with one attached hydrogen (secondary N) is 1. The van der Waals surface area contributed by atoms with Gasteiger partial charge in [0.1, 0.15) is 0 Å². The molecule has 1 amide bonds. The van der Waals surface area contributed by atoms with Crippen LogP contribution >= 0.6 is 0 Å². The first-order chi connectivity index (χ1) is 11.1. The van der Waals surface area contributed by atoms with Gasteiger partial charge < -0.3 is 10.4 Å². The molecule has 4 heteroatoms. The summed E-state index contributed by atoms with van der Waals surface area (Å²) in [6, 6.07) is 14.8. The zero-order valence-electron chi connectivity index (χ0n) is 13.2. The zero-order chi connectivity index (χ0) is 16.7. The van der Waals surface area contributed by atoms with Gasteiger partial charge in [-0.05, 0) is 41.7 Å². The van der Waals surface area contributed by atoms with Crippen LogP contribution in [0.1, 0.15) is 34.0 Å². The molecule has 0 spiro atoms. The third-order valence-electron chi connectivity index (χ3n) is 3.73. The molecule has 0 aliphatic carbocycles. The minimum absolute atomic E-state index is 0.00333. The van der Waals surface area contributed by atoms with E-state index in [0.717, 1.165) is 17.5 Å². The van der Waals surface area contributed by atoms with Crippen molar-refractivity contribution in [2.24, 2.45) is 0 Å². The Morgan fingerprint density at radius 2 is 1.48 bits per heavy atom. The monoisotopic (exact) mass is 311 g/mol. The van der Waals surface area contributed by atoms with Crippen LogP contribution in [0.25, 0.3) is 0 Å². The van der Waals surface area contributed by atoms with Crippen LogP contribution in [0.2, 0.25) is 0 Å². The van der Waals surface area contributed by atoms with Crippen LogP contribution in [0.3, 0.4) is 0 Å². The molecule has 0 aliphatic heterocycles. The average Bonchev–Trinajstić information content (AvgIpc) is 2.56. The van der Waals surface area contributed by atoms with E-state index in [4.69, 9.17) is 5.11 Å². The normalized spacial score (nSPS) is 10.3. The fourth-order valence-electron chi connectivity index (χ4n) is 2.30. The first-order valence-electron chi connectivity index (χ1n) is 7.75. The minimum Gasteiger partial charge on any atom is -0.478 e. The number of aromatic carboxylic acids is 1. The highest BCUT2D eigenvalue weighted by Crippen LogP contribution is 2.06. The molecule has 4 nitrogen and oxygen atoms in total. The maximum Gasteiger partial charge on any atom is 0.335 e. The number of hydrogen-bond donors (Lipinski definition) is 2. The van der Waals surface area contributed by atoms with E-state index in [1.807, 2.05) is 24.3 Å². The van der Waals surface area contributed by atoms with Gasteiger partial charge in [0.05, 0.1) is 12.0 Å². The molecule has 0 heterocycles. The van der Waals surface area contributed by atoms with Crippen LogP contribution in [0.4, 0.5) is 0 Å². The van der Waals surface area contributed by atoms with E-state index in [0.29, 0.717) is 19.4 Å². The van der Waals surface area contributed by atoms with Crippen molar-refractivity contribution >= 4 is 11.9 Å². The molecule has 2 N–H and O–H groups in total. The number of benzene rings is 2. The Balaban J connectivity index is 1.76. The van der Waals surface area contributed by atoms with Gasteiger partial charge in [-0.3, -0.25) is 4.79 Å². The van der Waals surface area contributed by atoms with Crippen LogP contribution in [-0.4, -0.2) is 23.5 Å². The Kier molecular flexibility index (Phi) is 5.92. The maximum atomic E-state index is 11.9. The molecule has 0 bridgehead atoms. The van der Waals surface area contributed by atoms with E-state index >= 15 is 0 Å². The lowest BCUT2D eigenvalue weighted by Crippen LogP contribution is -2.27. The van der Waals surface area contributed by atoms with Crippen molar-refractivity contribution in [3.63, 3.8) is 0 Å². The molecular formula is C19H21NO3. The number of rotatable bonds is 7. The van der Waals surface area contributed by atoms with Crippen LogP contribution in [0.5, 0.6) is 0 Å². The zero-order valence-corrected chi connectivity index (χ0v) is 13.2. The van der Waals surface area contributed by atoms with Gasteiger partial charge in [-0.2, -0.15) is 0 Å². The lowest BCUT2D eigenvalue weighted by atomic mass is 10.1. The van der Waals surface area contributed by atoms with Gasteiger partial charge in [-0.1, -0.05) is 43.3 Å². The average molecular weight is 311 g/mol. The lowest BCUT2D eigenvalue weighted by molar-refractivity contribution is -0.120. The van der Waals surface area contributed by atoms with Crippen molar-refractivity contribution in [2.45, 2.75) is 26.2 Å². The molecule has 23 heavy (non-hydrogen) atoms. The molecule has 0 saturated heterocycles. The standard InChI is InChI=1S/C19H21NO3/c1-2-14-3-5-16(6-4-14)13-18(21)20-12-11-15-7-9-17(10-8-15)19(22)23/h3-10H,2,11-13H2,1H3,(H,20,21)(H,22,23). The third kappa shape index (κ3) is 5.25. The van der Waals surface area contributed by atoms with Gasteiger partial charge in [0.2, 0.25) is 5.91 Å². The Morgan fingerprint density at radius 3 is 2.04 bits per heavy atom. The number of carboxylic acids is 1. The largest absolute Gasteiger partial charge is 0.478 e. The SMILES string of the molecule is CCc1ccc(CC(=O)NCCc2ccc(C(=O)O)cc2)cc1.